The number of ether oxygens (including phenoxy) is 1. The molecule has 2 aromatic heterocycles. The highest BCUT2D eigenvalue weighted by molar-refractivity contribution is 6.33. The summed E-state index contributed by atoms with van der Waals surface area (Å²) >= 11 is 6.39. The number of piperazine rings is 1. The number of carbonyl (C=O) groups excluding carboxylic acids is 1. The standard InChI is InChI=1S/C19H20ClN5O2/c1-27-12-18(26)25-8-6-24(7-9-25)17-10-13(14(20)11-21-17)19-22-15-4-2-3-5-16(15)23-19/h2-5,10-11H,6-9,12H2,1H3,(H,22,23). The van der Waals surface area contributed by atoms with E-state index in [1.807, 2.05) is 35.2 Å². The van der Waals surface area contributed by atoms with Crippen molar-refractivity contribution < 1.29 is 9.53 Å². The largest absolute Gasteiger partial charge is 0.375 e. The number of anilines is 1. The predicted molar refractivity (Wildman–Crippen MR) is 105 cm³/mol. The summed E-state index contributed by atoms with van der Waals surface area (Å²) in [6, 6.07) is 9.82. The van der Waals surface area contributed by atoms with E-state index in [0.717, 1.165) is 28.2 Å². The van der Waals surface area contributed by atoms with Crippen LogP contribution in [0.3, 0.4) is 0 Å². The Morgan fingerprint density at radius 2 is 2.04 bits per heavy atom. The number of nitrogens with one attached hydrogen (secondary N) is 1. The van der Waals surface area contributed by atoms with Gasteiger partial charge in [-0.2, -0.15) is 0 Å². The van der Waals surface area contributed by atoms with E-state index in [-0.39, 0.29) is 12.5 Å². The van der Waals surface area contributed by atoms with Gasteiger partial charge in [-0.3, -0.25) is 4.79 Å². The van der Waals surface area contributed by atoms with Gasteiger partial charge >= 0.3 is 0 Å². The average molecular weight is 386 g/mol. The molecular formula is C19H20ClN5O2. The van der Waals surface area contributed by atoms with Crippen LogP contribution < -0.4 is 4.90 Å². The number of hydrogen-bond donors (Lipinski definition) is 1. The third kappa shape index (κ3) is 3.61. The van der Waals surface area contributed by atoms with Crippen molar-refractivity contribution in [2.75, 3.05) is 44.8 Å². The van der Waals surface area contributed by atoms with Crippen LogP contribution >= 0.6 is 11.6 Å². The highest BCUT2D eigenvalue weighted by Gasteiger charge is 2.22. The van der Waals surface area contributed by atoms with Crippen LogP contribution in [0.2, 0.25) is 5.02 Å². The first-order chi connectivity index (χ1) is 13.2. The molecule has 7 nitrogen and oxygen atoms in total. The monoisotopic (exact) mass is 385 g/mol. The topological polar surface area (TPSA) is 74.3 Å². The van der Waals surface area contributed by atoms with Crippen molar-refractivity contribution in [2.45, 2.75) is 0 Å². The number of pyridine rings is 1. The zero-order valence-electron chi connectivity index (χ0n) is 15.0. The van der Waals surface area contributed by atoms with Crippen LogP contribution in [0.15, 0.2) is 36.5 Å². The van der Waals surface area contributed by atoms with Crippen molar-refractivity contribution in [3.63, 3.8) is 0 Å². The molecule has 0 unspecified atom stereocenters. The molecule has 1 amide bonds. The SMILES string of the molecule is COCC(=O)N1CCN(c2cc(-c3nc4ccccc4[nH]3)c(Cl)cn2)CC1. The number of hydrogen-bond acceptors (Lipinski definition) is 5. The lowest BCUT2D eigenvalue weighted by Crippen LogP contribution is -2.50. The van der Waals surface area contributed by atoms with Gasteiger partial charge in [0.25, 0.3) is 0 Å². The number of rotatable bonds is 4. The Labute approximate surface area is 161 Å². The highest BCUT2D eigenvalue weighted by Crippen LogP contribution is 2.30. The maximum absolute atomic E-state index is 11.9. The molecule has 1 saturated heterocycles. The van der Waals surface area contributed by atoms with Crippen LogP contribution in [0.1, 0.15) is 0 Å². The number of amides is 1. The molecule has 27 heavy (non-hydrogen) atoms. The molecule has 0 saturated carbocycles. The van der Waals surface area contributed by atoms with Gasteiger partial charge in [0.05, 0.1) is 16.1 Å². The molecule has 0 aliphatic carbocycles. The fourth-order valence-electron chi connectivity index (χ4n) is 3.26. The third-order valence-electron chi connectivity index (χ3n) is 4.71. The zero-order valence-corrected chi connectivity index (χ0v) is 15.7. The number of nitrogens with zero attached hydrogens (tertiary/aromatic N) is 4. The van der Waals surface area contributed by atoms with Crippen molar-refractivity contribution in [3.8, 4) is 11.4 Å². The average Bonchev–Trinajstić information content (AvgIpc) is 3.12. The van der Waals surface area contributed by atoms with Crippen molar-refractivity contribution in [3.05, 3.63) is 41.6 Å². The molecule has 3 aromatic rings. The van der Waals surface area contributed by atoms with E-state index in [1.165, 1.54) is 7.11 Å². The number of para-hydroxylation sites is 2. The maximum atomic E-state index is 11.9. The van der Waals surface area contributed by atoms with E-state index < -0.39 is 0 Å². The molecule has 1 aromatic carbocycles. The molecule has 1 aliphatic heterocycles. The van der Waals surface area contributed by atoms with E-state index >= 15 is 0 Å². The molecule has 0 spiro atoms. The predicted octanol–water partition coefficient (Wildman–Crippen LogP) is 2.57. The van der Waals surface area contributed by atoms with Crippen molar-refractivity contribution >= 4 is 34.4 Å². The van der Waals surface area contributed by atoms with E-state index in [0.29, 0.717) is 31.2 Å². The van der Waals surface area contributed by atoms with Gasteiger partial charge in [-0.25, -0.2) is 9.97 Å². The van der Waals surface area contributed by atoms with Gasteiger partial charge in [0.1, 0.15) is 18.2 Å². The summed E-state index contributed by atoms with van der Waals surface area (Å²) in [6.45, 7) is 2.83. The number of imidazole rings is 1. The molecule has 0 bridgehead atoms. The van der Waals surface area contributed by atoms with Gasteiger partial charge < -0.3 is 19.5 Å². The first kappa shape index (κ1) is 17.8. The van der Waals surface area contributed by atoms with Crippen molar-refractivity contribution in [2.24, 2.45) is 0 Å². The Bertz CT molecular complexity index is 933. The highest BCUT2D eigenvalue weighted by atomic mass is 35.5. The number of aromatic amines is 1. The van der Waals surface area contributed by atoms with Crippen LogP contribution in [0.25, 0.3) is 22.4 Å². The Hall–Kier alpha value is -2.64. The first-order valence-electron chi connectivity index (χ1n) is 8.78. The van der Waals surface area contributed by atoms with Gasteiger partial charge in [-0.15, -0.1) is 0 Å². The molecule has 140 valence electrons. The number of aromatic nitrogens is 3. The van der Waals surface area contributed by atoms with Crippen molar-refractivity contribution in [1.82, 2.24) is 19.9 Å². The molecule has 1 fully saturated rings. The Balaban J connectivity index is 1.55. The Morgan fingerprint density at radius 1 is 1.26 bits per heavy atom. The van der Waals surface area contributed by atoms with Crippen LogP contribution in [-0.4, -0.2) is 65.7 Å². The summed E-state index contributed by atoms with van der Waals surface area (Å²) in [7, 11) is 1.53. The fraction of sp³-hybridized carbons (Fsp3) is 0.316. The van der Waals surface area contributed by atoms with E-state index in [2.05, 4.69) is 19.9 Å². The number of benzene rings is 1. The summed E-state index contributed by atoms with van der Waals surface area (Å²) < 4.78 is 4.93. The normalized spacial score (nSPS) is 14.7. The summed E-state index contributed by atoms with van der Waals surface area (Å²) in [5, 5.41) is 0.548. The second-order valence-electron chi connectivity index (χ2n) is 6.43. The summed E-state index contributed by atoms with van der Waals surface area (Å²) in [6.07, 6.45) is 1.65. The van der Waals surface area contributed by atoms with E-state index in [1.54, 1.807) is 6.20 Å². The van der Waals surface area contributed by atoms with Crippen molar-refractivity contribution in [1.29, 1.82) is 0 Å². The Morgan fingerprint density at radius 3 is 2.78 bits per heavy atom. The van der Waals surface area contributed by atoms with Crippen LogP contribution in [0.5, 0.6) is 0 Å². The fourth-order valence-corrected chi connectivity index (χ4v) is 3.45. The summed E-state index contributed by atoms with van der Waals surface area (Å²) in [5.41, 5.74) is 2.68. The minimum Gasteiger partial charge on any atom is -0.375 e. The molecule has 4 rings (SSSR count). The second kappa shape index (κ2) is 7.54. The lowest BCUT2D eigenvalue weighted by Gasteiger charge is -2.35. The van der Waals surface area contributed by atoms with Gasteiger partial charge in [-0.1, -0.05) is 23.7 Å². The molecule has 0 atom stereocenters. The third-order valence-corrected chi connectivity index (χ3v) is 5.01. The quantitative estimate of drug-likeness (QED) is 0.747. The summed E-state index contributed by atoms with van der Waals surface area (Å²) in [5.74, 6) is 1.57. The van der Waals surface area contributed by atoms with Crippen LogP contribution in [0, 0.1) is 0 Å². The number of fused-ring (bicyclic) bond motifs is 1. The molecule has 1 N–H and O–H groups in total. The van der Waals surface area contributed by atoms with E-state index in [4.69, 9.17) is 16.3 Å². The number of carbonyl (C=O) groups is 1. The smallest absolute Gasteiger partial charge is 0.248 e. The lowest BCUT2D eigenvalue weighted by atomic mass is 10.2. The zero-order chi connectivity index (χ0) is 18.8. The van der Waals surface area contributed by atoms with Gasteiger partial charge in [-0.05, 0) is 18.2 Å². The number of methoxy groups -OCH3 is 1. The number of H-pyrrole nitrogens is 1. The van der Waals surface area contributed by atoms with E-state index in [9.17, 15) is 4.79 Å². The minimum atomic E-state index is 0.0178. The lowest BCUT2D eigenvalue weighted by molar-refractivity contribution is -0.135. The van der Waals surface area contributed by atoms with Crippen LogP contribution in [0.4, 0.5) is 5.82 Å². The second-order valence-corrected chi connectivity index (χ2v) is 6.83. The Kier molecular flexibility index (Phi) is 4.96. The number of halogens is 1. The molecule has 3 heterocycles. The maximum Gasteiger partial charge on any atom is 0.248 e. The molecular weight excluding hydrogens is 366 g/mol. The van der Waals surface area contributed by atoms with Gasteiger partial charge in [0.2, 0.25) is 5.91 Å². The van der Waals surface area contributed by atoms with Gasteiger partial charge in [0, 0.05) is 45.0 Å². The summed E-state index contributed by atoms with van der Waals surface area (Å²) in [4.78, 5) is 28.3. The minimum absolute atomic E-state index is 0.0178. The van der Waals surface area contributed by atoms with Crippen LogP contribution in [-0.2, 0) is 9.53 Å². The molecule has 0 radical (unpaired) electrons. The van der Waals surface area contributed by atoms with Gasteiger partial charge in [0.15, 0.2) is 0 Å². The first-order valence-corrected chi connectivity index (χ1v) is 9.16. The molecule has 8 heteroatoms. The molecule has 1 aliphatic rings.